The molecule has 266 valence electrons. The zero-order chi connectivity index (χ0) is 36.2. The molecule has 16 nitrogen and oxygen atoms in total. The van der Waals surface area contributed by atoms with Gasteiger partial charge in [0.15, 0.2) is 0 Å². The lowest BCUT2D eigenvalue weighted by molar-refractivity contribution is -0.143. The van der Waals surface area contributed by atoms with E-state index < -0.39 is 41.7 Å². The molecule has 0 aromatic carbocycles. The molecule has 0 atom stereocenters. The number of carbonyl (C=O) groups excluding carboxylic acids is 8. The predicted octanol–water partition coefficient (Wildman–Crippen LogP) is 1.89. The Morgan fingerprint density at radius 3 is 0.913 bits per heavy atom. The predicted molar refractivity (Wildman–Crippen MR) is 176 cm³/mol. The van der Waals surface area contributed by atoms with Gasteiger partial charge in [-0.2, -0.15) is 0 Å². The van der Waals surface area contributed by atoms with Crippen molar-refractivity contribution in [3.63, 3.8) is 0 Å². The first-order valence-corrected chi connectivity index (χ1v) is 16.1. The summed E-state index contributed by atoms with van der Waals surface area (Å²) in [6.45, 7) is 15.3. The molecule has 0 aliphatic rings. The molecule has 0 spiro atoms. The van der Waals surface area contributed by atoms with Crippen LogP contribution in [0.5, 0.6) is 0 Å². The van der Waals surface area contributed by atoms with Gasteiger partial charge >= 0.3 is 18.1 Å². The summed E-state index contributed by atoms with van der Waals surface area (Å²) in [6, 6.07) is -2.20. The highest BCUT2D eigenvalue weighted by atomic mass is 16.2. The van der Waals surface area contributed by atoms with Crippen LogP contribution in [0.3, 0.4) is 0 Å². The number of hydrogen-bond acceptors (Lipinski definition) is 9. The molecular weight excluding hydrogens is 600 g/mol. The number of nitrogens with one attached hydrogen (secondary N) is 4. The van der Waals surface area contributed by atoms with Crippen molar-refractivity contribution in [3.8, 4) is 0 Å². The van der Waals surface area contributed by atoms with Crippen LogP contribution in [0.4, 0.5) is 14.4 Å². The van der Waals surface area contributed by atoms with Crippen molar-refractivity contribution in [2.45, 2.75) is 88.0 Å². The van der Waals surface area contributed by atoms with Crippen molar-refractivity contribution in [1.29, 1.82) is 0 Å². The largest absolute Gasteiger partial charge is 0.336 e. The summed E-state index contributed by atoms with van der Waals surface area (Å²) in [5.41, 5.74) is 0. The Hall–Kier alpha value is -4.08. The van der Waals surface area contributed by atoms with Crippen LogP contribution in [0.1, 0.15) is 88.0 Å². The number of urea groups is 3. The molecule has 0 aliphatic heterocycles. The molecule has 0 aromatic heterocycles. The molecule has 0 bridgehead atoms. The van der Waals surface area contributed by atoms with Crippen LogP contribution >= 0.6 is 0 Å². The van der Waals surface area contributed by atoms with E-state index in [1.165, 1.54) is 6.92 Å². The molecule has 0 aliphatic carbocycles. The number of carbonyl (C=O) groups is 8. The number of likely N-dealkylation sites (N-methyl/N-ethyl adjacent to an activating group) is 1. The third kappa shape index (κ3) is 18.0. The summed E-state index contributed by atoms with van der Waals surface area (Å²) in [6.07, 6.45) is 0.252. The molecule has 0 saturated heterocycles. The molecule has 46 heavy (non-hydrogen) atoms. The van der Waals surface area contributed by atoms with Gasteiger partial charge in [0, 0.05) is 85.0 Å². The van der Waals surface area contributed by atoms with Crippen LogP contribution in [0.25, 0.3) is 0 Å². The van der Waals surface area contributed by atoms with Gasteiger partial charge < -0.3 is 21.3 Å². The molecule has 0 saturated carbocycles. The summed E-state index contributed by atoms with van der Waals surface area (Å²) in [7, 11) is 1.68. The zero-order valence-electron chi connectivity index (χ0n) is 29.5. The lowest BCUT2D eigenvalue weighted by Crippen LogP contribution is -2.52. The van der Waals surface area contributed by atoms with Crippen LogP contribution in [0.15, 0.2) is 0 Å². The van der Waals surface area contributed by atoms with E-state index in [9.17, 15) is 38.4 Å². The first-order valence-electron chi connectivity index (χ1n) is 16.1. The third-order valence-electron chi connectivity index (χ3n) is 5.95. The van der Waals surface area contributed by atoms with Crippen molar-refractivity contribution in [2.75, 3.05) is 59.4 Å². The van der Waals surface area contributed by atoms with E-state index in [2.05, 4.69) is 21.3 Å². The smallest absolute Gasteiger partial charge is 0.324 e. The van der Waals surface area contributed by atoms with Gasteiger partial charge in [-0.3, -0.25) is 43.6 Å². The highest BCUT2D eigenvalue weighted by Gasteiger charge is 2.24. The first-order chi connectivity index (χ1) is 21.9. The minimum atomic E-state index is -0.785. The lowest BCUT2D eigenvalue weighted by Gasteiger charge is -2.25. The molecule has 0 aromatic rings. The van der Waals surface area contributed by atoms with Gasteiger partial charge in [-0.25, -0.2) is 14.4 Å². The highest BCUT2D eigenvalue weighted by molar-refractivity contribution is 5.96. The second-order valence-electron chi connectivity index (χ2n) is 8.91. The maximum Gasteiger partial charge on any atom is 0.324 e. The lowest BCUT2D eigenvalue weighted by atomic mass is 10.3. The van der Waals surface area contributed by atoms with Crippen LogP contribution in [-0.4, -0.2) is 127 Å². The normalized spacial score (nSPS) is 9.61. The average Bonchev–Trinajstić information content (AvgIpc) is 3.07. The van der Waals surface area contributed by atoms with E-state index in [0.29, 0.717) is 6.54 Å². The van der Waals surface area contributed by atoms with Crippen molar-refractivity contribution in [1.82, 2.24) is 40.9 Å². The maximum absolute atomic E-state index is 12.8. The maximum atomic E-state index is 12.8. The molecule has 16 heteroatoms. The average molecular weight is 659 g/mol. The van der Waals surface area contributed by atoms with E-state index >= 15 is 0 Å². The summed E-state index contributed by atoms with van der Waals surface area (Å²) in [5.74, 6) is -2.28. The number of rotatable bonds is 16. The number of hydrogen-bond donors (Lipinski definition) is 4. The second kappa shape index (κ2) is 28.4. The fourth-order valence-corrected chi connectivity index (χ4v) is 3.57. The summed E-state index contributed by atoms with van der Waals surface area (Å²) in [4.78, 5) is 102. The third-order valence-corrected chi connectivity index (χ3v) is 5.95. The minimum absolute atomic E-state index is 0.00126. The Bertz CT molecular complexity index is 977. The SMILES string of the molecule is CC.CC.CCC(=O)N(CCNC(=O)N(CCNC(=O)N(CCNC(=O)N(CCNC)C(=O)CC)C(=O)CC)C(=O)CC)C(C)=O. The zero-order valence-corrected chi connectivity index (χ0v) is 29.5. The van der Waals surface area contributed by atoms with E-state index in [-0.39, 0.29) is 77.4 Å². The molecule has 0 unspecified atom stereocenters. The number of imide groups is 4. The van der Waals surface area contributed by atoms with Crippen molar-refractivity contribution in [2.24, 2.45) is 0 Å². The number of nitrogens with zero attached hydrogens (tertiary/aromatic N) is 4. The van der Waals surface area contributed by atoms with Gasteiger partial charge in [-0.15, -0.1) is 0 Å². The van der Waals surface area contributed by atoms with Crippen LogP contribution in [0.2, 0.25) is 0 Å². The van der Waals surface area contributed by atoms with Gasteiger partial charge in [0.05, 0.1) is 0 Å². The quantitative estimate of drug-likeness (QED) is 0.191. The molecule has 0 rings (SSSR count). The Morgan fingerprint density at radius 2 is 0.674 bits per heavy atom. The van der Waals surface area contributed by atoms with Crippen molar-refractivity contribution < 1.29 is 38.4 Å². The molecule has 4 N–H and O–H groups in total. The van der Waals surface area contributed by atoms with Crippen molar-refractivity contribution in [3.05, 3.63) is 0 Å². The van der Waals surface area contributed by atoms with Gasteiger partial charge in [0.1, 0.15) is 0 Å². The van der Waals surface area contributed by atoms with Crippen molar-refractivity contribution >= 4 is 47.6 Å². The van der Waals surface area contributed by atoms with Gasteiger partial charge in [0.2, 0.25) is 29.5 Å². The van der Waals surface area contributed by atoms with E-state index in [0.717, 1.165) is 19.6 Å². The highest BCUT2D eigenvalue weighted by Crippen LogP contribution is 2.00. The molecule has 0 radical (unpaired) electrons. The van der Waals surface area contributed by atoms with E-state index in [1.54, 1.807) is 34.7 Å². The van der Waals surface area contributed by atoms with Gasteiger partial charge in [0.25, 0.3) is 0 Å². The fourth-order valence-electron chi connectivity index (χ4n) is 3.57. The van der Waals surface area contributed by atoms with Crippen LogP contribution in [-0.2, 0) is 24.0 Å². The Labute approximate surface area is 274 Å². The standard InChI is InChI=1S/C26H46N8O8.2C2H6/c1-7-20(36)31(19(5)35)16-12-28-25(41)33(22(38)9-3)18-14-30-26(42)34(23(39)10-4)17-13-29-24(40)32(15-11-27-6)21(37)8-2;2*1-2/h27H,7-18H2,1-6H3,(H,28,41)(H,29,40)(H,30,42);2*1-2H3. The van der Waals surface area contributed by atoms with E-state index in [1.807, 2.05) is 27.7 Å². The first kappa shape index (κ1) is 46.3. The van der Waals surface area contributed by atoms with Crippen LogP contribution < -0.4 is 21.3 Å². The Kier molecular flexibility index (Phi) is 28.6. The Balaban J connectivity index is -0.00000443. The monoisotopic (exact) mass is 658 g/mol. The minimum Gasteiger partial charge on any atom is -0.336 e. The summed E-state index contributed by atoms with van der Waals surface area (Å²) >= 11 is 0. The number of amides is 11. The fraction of sp³-hybridized carbons (Fsp3) is 0.733. The second-order valence-corrected chi connectivity index (χ2v) is 8.91. The topological polar surface area (TPSA) is 198 Å². The molecular formula is C30H58N8O8. The molecule has 11 amide bonds. The van der Waals surface area contributed by atoms with Gasteiger partial charge in [-0.05, 0) is 7.05 Å². The summed E-state index contributed by atoms with van der Waals surface area (Å²) in [5, 5.41) is 10.4. The Morgan fingerprint density at radius 1 is 0.435 bits per heavy atom. The van der Waals surface area contributed by atoms with Gasteiger partial charge in [-0.1, -0.05) is 55.4 Å². The van der Waals surface area contributed by atoms with Crippen LogP contribution in [0, 0.1) is 0 Å². The molecule has 0 heterocycles. The van der Waals surface area contributed by atoms with E-state index in [4.69, 9.17) is 0 Å². The summed E-state index contributed by atoms with van der Waals surface area (Å²) < 4.78 is 0. The molecule has 0 fully saturated rings.